The van der Waals surface area contributed by atoms with Crippen LogP contribution >= 0.6 is 11.8 Å². The Balaban J connectivity index is 1.61. The molecule has 0 aromatic carbocycles. The van der Waals surface area contributed by atoms with Gasteiger partial charge in [-0.15, -0.1) is 11.8 Å². The van der Waals surface area contributed by atoms with Gasteiger partial charge in [-0.1, -0.05) is 12.8 Å². The second-order valence-corrected chi connectivity index (χ2v) is 7.30. The molecule has 0 radical (unpaired) electrons. The van der Waals surface area contributed by atoms with Gasteiger partial charge >= 0.3 is 0 Å². The third-order valence-electron chi connectivity index (χ3n) is 5.39. The molecule has 0 aromatic heterocycles. The average Bonchev–Trinajstić information content (AvgIpc) is 2.77. The Bertz CT molecular complexity index is 330. The van der Waals surface area contributed by atoms with Gasteiger partial charge in [-0.05, 0) is 42.9 Å². The lowest BCUT2D eigenvalue weighted by atomic mass is 9.70. The van der Waals surface area contributed by atoms with Gasteiger partial charge < -0.3 is 10.6 Å². The van der Waals surface area contributed by atoms with Crippen LogP contribution in [0.15, 0.2) is 11.6 Å². The topological polar surface area (TPSA) is 24.1 Å². The Hall–Kier alpha value is -0.150. The van der Waals surface area contributed by atoms with Crippen molar-refractivity contribution in [2.45, 2.75) is 61.9 Å². The minimum Gasteiger partial charge on any atom is -0.386 e. The molecule has 2 aliphatic heterocycles. The molecule has 2 heterocycles. The molecule has 2 nitrogen and oxygen atoms in total. The highest BCUT2D eigenvalue weighted by Crippen LogP contribution is 2.47. The van der Waals surface area contributed by atoms with Crippen LogP contribution < -0.4 is 10.6 Å². The van der Waals surface area contributed by atoms with Crippen molar-refractivity contribution in [1.29, 1.82) is 0 Å². The van der Waals surface area contributed by atoms with Crippen LogP contribution in [-0.2, 0) is 0 Å². The SMILES string of the molecule is C1=CSC2CCC3NC4CCCCC4C3C2N1. The highest BCUT2D eigenvalue weighted by molar-refractivity contribution is 8.02. The normalized spacial score (nSPS) is 52.2. The summed E-state index contributed by atoms with van der Waals surface area (Å²) < 4.78 is 0. The Morgan fingerprint density at radius 3 is 2.94 bits per heavy atom. The van der Waals surface area contributed by atoms with Crippen molar-refractivity contribution in [3.63, 3.8) is 0 Å². The number of hydrogen-bond acceptors (Lipinski definition) is 3. The first-order valence-corrected chi connectivity index (χ1v) is 8.20. The molecule has 4 rings (SSSR count). The summed E-state index contributed by atoms with van der Waals surface area (Å²) in [6.45, 7) is 0. The van der Waals surface area contributed by atoms with E-state index in [1.54, 1.807) is 0 Å². The number of rotatable bonds is 0. The molecule has 17 heavy (non-hydrogen) atoms. The van der Waals surface area contributed by atoms with Crippen molar-refractivity contribution in [1.82, 2.24) is 10.6 Å². The number of fused-ring (bicyclic) bond motifs is 5. The summed E-state index contributed by atoms with van der Waals surface area (Å²) in [6.07, 6.45) is 10.8. The lowest BCUT2D eigenvalue weighted by Gasteiger charge is -2.43. The summed E-state index contributed by atoms with van der Waals surface area (Å²) in [5, 5.41) is 10.7. The van der Waals surface area contributed by atoms with Crippen LogP contribution in [0.3, 0.4) is 0 Å². The second kappa shape index (κ2) is 4.20. The predicted molar refractivity (Wildman–Crippen MR) is 72.8 cm³/mol. The fraction of sp³-hybridized carbons (Fsp3) is 0.857. The monoisotopic (exact) mass is 250 g/mol. The smallest absolute Gasteiger partial charge is 0.0424 e. The first-order valence-electron chi connectivity index (χ1n) is 7.26. The molecule has 0 aromatic rings. The van der Waals surface area contributed by atoms with E-state index in [0.29, 0.717) is 0 Å². The average molecular weight is 250 g/mol. The molecular formula is C14H22N2S. The molecule has 3 heteroatoms. The van der Waals surface area contributed by atoms with Crippen LogP contribution in [0.1, 0.15) is 38.5 Å². The summed E-state index contributed by atoms with van der Waals surface area (Å²) >= 11 is 2.06. The Labute approximate surface area is 108 Å². The van der Waals surface area contributed by atoms with E-state index in [4.69, 9.17) is 0 Å². The largest absolute Gasteiger partial charge is 0.386 e. The van der Waals surface area contributed by atoms with Crippen molar-refractivity contribution in [2.24, 2.45) is 11.8 Å². The van der Waals surface area contributed by atoms with Crippen molar-refractivity contribution in [3.05, 3.63) is 11.6 Å². The number of hydrogen-bond donors (Lipinski definition) is 2. The van der Waals surface area contributed by atoms with E-state index in [1.165, 1.54) is 38.5 Å². The molecule has 2 N–H and O–H groups in total. The molecule has 94 valence electrons. The van der Waals surface area contributed by atoms with E-state index in [9.17, 15) is 0 Å². The van der Waals surface area contributed by atoms with Crippen molar-refractivity contribution in [2.75, 3.05) is 0 Å². The van der Waals surface area contributed by atoms with E-state index >= 15 is 0 Å². The van der Waals surface area contributed by atoms with Crippen LogP contribution in [-0.4, -0.2) is 23.4 Å². The number of thioether (sulfide) groups is 1. The summed E-state index contributed by atoms with van der Waals surface area (Å²) in [5.74, 6) is 1.86. The lowest BCUT2D eigenvalue weighted by molar-refractivity contribution is 0.192. The van der Waals surface area contributed by atoms with Crippen LogP contribution in [0.5, 0.6) is 0 Å². The Morgan fingerprint density at radius 1 is 1.00 bits per heavy atom. The zero-order valence-corrected chi connectivity index (χ0v) is 11.1. The van der Waals surface area contributed by atoms with Crippen molar-refractivity contribution < 1.29 is 0 Å². The molecule has 4 aliphatic rings. The molecule has 0 bridgehead atoms. The Kier molecular flexibility index (Phi) is 2.65. The van der Waals surface area contributed by atoms with E-state index in [0.717, 1.165) is 35.2 Å². The summed E-state index contributed by atoms with van der Waals surface area (Å²) in [7, 11) is 0. The highest BCUT2D eigenvalue weighted by Gasteiger charge is 2.51. The minimum absolute atomic E-state index is 0.740. The van der Waals surface area contributed by atoms with E-state index in [2.05, 4.69) is 34.0 Å². The standard InChI is InChI=1S/C14H22N2S/c1-2-4-10-9(3-1)13-11(16-10)5-6-12-14(13)15-7-8-17-12/h7-16H,1-6H2. The minimum atomic E-state index is 0.740. The van der Waals surface area contributed by atoms with E-state index in [-0.39, 0.29) is 0 Å². The van der Waals surface area contributed by atoms with E-state index in [1.807, 2.05) is 0 Å². The molecule has 0 spiro atoms. The van der Waals surface area contributed by atoms with Gasteiger partial charge in [0.15, 0.2) is 0 Å². The zero-order valence-electron chi connectivity index (χ0n) is 10.3. The first kappa shape index (κ1) is 10.7. The maximum Gasteiger partial charge on any atom is 0.0424 e. The predicted octanol–water partition coefficient (Wildman–Crippen LogP) is 2.47. The molecule has 3 fully saturated rings. The van der Waals surface area contributed by atoms with Crippen molar-refractivity contribution >= 4 is 11.8 Å². The Morgan fingerprint density at radius 2 is 1.94 bits per heavy atom. The summed E-state index contributed by atoms with van der Waals surface area (Å²) in [4.78, 5) is 0. The summed E-state index contributed by atoms with van der Waals surface area (Å²) in [6, 6.07) is 2.39. The maximum atomic E-state index is 3.95. The van der Waals surface area contributed by atoms with Gasteiger partial charge in [0.2, 0.25) is 0 Å². The molecule has 2 saturated carbocycles. The fourth-order valence-corrected chi connectivity index (χ4v) is 5.80. The molecule has 6 unspecified atom stereocenters. The van der Waals surface area contributed by atoms with Gasteiger partial charge in [0.25, 0.3) is 0 Å². The van der Waals surface area contributed by atoms with Gasteiger partial charge in [-0.25, -0.2) is 0 Å². The van der Waals surface area contributed by atoms with Gasteiger partial charge in [0.05, 0.1) is 0 Å². The van der Waals surface area contributed by atoms with Gasteiger partial charge in [0, 0.05) is 29.6 Å². The lowest BCUT2D eigenvalue weighted by Crippen LogP contribution is -2.53. The molecule has 6 atom stereocenters. The highest BCUT2D eigenvalue weighted by atomic mass is 32.2. The number of nitrogens with one attached hydrogen (secondary N) is 2. The van der Waals surface area contributed by atoms with Crippen molar-refractivity contribution in [3.8, 4) is 0 Å². The van der Waals surface area contributed by atoms with Crippen LogP contribution in [0.4, 0.5) is 0 Å². The molecule has 1 saturated heterocycles. The van der Waals surface area contributed by atoms with Gasteiger partial charge in [-0.2, -0.15) is 0 Å². The third-order valence-corrected chi connectivity index (χ3v) is 6.57. The maximum absolute atomic E-state index is 3.95. The van der Waals surface area contributed by atoms with Crippen LogP contribution in [0.2, 0.25) is 0 Å². The van der Waals surface area contributed by atoms with E-state index < -0.39 is 0 Å². The quantitative estimate of drug-likeness (QED) is 0.690. The van der Waals surface area contributed by atoms with Crippen LogP contribution in [0.25, 0.3) is 0 Å². The second-order valence-electron chi connectivity index (χ2n) is 6.15. The molecule has 0 amide bonds. The first-order chi connectivity index (χ1) is 8.43. The van der Waals surface area contributed by atoms with Gasteiger partial charge in [-0.3, -0.25) is 0 Å². The van der Waals surface area contributed by atoms with Crippen LogP contribution in [0, 0.1) is 11.8 Å². The molecular weight excluding hydrogens is 228 g/mol. The zero-order chi connectivity index (χ0) is 11.2. The van der Waals surface area contributed by atoms with Gasteiger partial charge in [0.1, 0.15) is 0 Å². The fourth-order valence-electron chi connectivity index (χ4n) is 4.74. The summed E-state index contributed by atoms with van der Waals surface area (Å²) in [5.41, 5.74) is 0. The third kappa shape index (κ3) is 1.66. The molecule has 2 aliphatic carbocycles.